The van der Waals surface area contributed by atoms with Crippen LogP contribution in [0.4, 0.5) is 11.4 Å². The van der Waals surface area contributed by atoms with Gasteiger partial charge in [-0.15, -0.1) is 0 Å². The first-order chi connectivity index (χ1) is 16.2. The van der Waals surface area contributed by atoms with Crippen molar-refractivity contribution in [1.82, 2.24) is 5.43 Å². The van der Waals surface area contributed by atoms with E-state index in [1.165, 1.54) is 36.4 Å². The third-order valence-electron chi connectivity index (χ3n) is 4.27. The third-order valence-corrected chi connectivity index (χ3v) is 4.81. The molecule has 1 N–H and O–H groups in total. The molecule has 11 nitrogen and oxygen atoms in total. The van der Waals surface area contributed by atoms with Crippen molar-refractivity contribution in [1.29, 1.82) is 0 Å². The molecule has 3 rings (SSSR count). The molecule has 0 radical (unpaired) electrons. The summed E-state index contributed by atoms with van der Waals surface area (Å²) in [5, 5.41) is 26.1. The van der Waals surface area contributed by atoms with Crippen LogP contribution in [0.15, 0.2) is 65.8 Å². The van der Waals surface area contributed by atoms with E-state index in [9.17, 15) is 29.8 Å². The Bertz CT molecular complexity index is 1330. The fraction of sp³-hybridized carbons (Fsp3) is 0. The van der Waals surface area contributed by atoms with Gasteiger partial charge in [0.05, 0.1) is 32.2 Å². The van der Waals surface area contributed by atoms with Gasteiger partial charge in [-0.1, -0.05) is 23.2 Å². The number of hydrogen-bond donors (Lipinski definition) is 1. The number of carbonyl (C=O) groups is 2. The van der Waals surface area contributed by atoms with Gasteiger partial charge in [-0.05, 0) is 36.4 Å². The molecule has 0 unspecified atom stereocenters. The molecular formula is C21H12Cl2N4O7. The molecule has 13 heteroatoms. The summed E-state index contributed by atoms with van der Waals surface area (Å²) in [5.74, 6) is -1.64. The van der Waals surface area contributed by atoms with Crippen LogP contribution in [0.2, 0.25) is 10.0 Å². The summed E-state index contributed by atoms with van der Waals surface area (Å²) in [7, 11) is 0. The van der Waals surface area contributed by atoms with E-state index in [0.29, 0.717) is 5.02 Å². The molecule has 0 aliphatic rings. The highest BCUT2D eigenvalue weighted by atomic mass is 35.5. The number of hydrazone groups is 1. The Morgan fingerprint density at radius 3 is 2.18 bits per heavy atom. The topological polar surface area (TPSA) is 154 Å². The van der Waals surface area contributed by atoms with Crippen LogP contribution in [-0.2, 0) is 0 Å². The zero-order valence-electron chi connectivity index (χ0n) is 16.8. The molecule has 0 saturated heterocycles. The lowest BCUT2D eigenvalue weighted by molar-refractivity contribution is -0.385. The maximum atomic E-state index is 12.4. The van der Waals surface area contributed by atoms with Gasteiger partial charge in [0.1, 0.15) is 5.75 Å². The number of hydrogen-bond acceptors (Lipinski definition) is 8. The Hall–Kier alpha value is -4.35. The molecule has 3 aromatic carbocycles. The molecule has 0 heterocycles. The molecule has 0 fully saturated rings. The van der Waals surface area contributed by atoms with Gasteiger partial charge in [0.15, 0.2) is 0 Å². The smallest absolute Gasteiger partial charge is 0.343 e. The van der Waals surface area contributed by atoms with Crippen molar-refractivity contribution in [2.24, 2.45) is 5.10 Å². The first-order valence-corrected chi connectivity index (χ1v) is 9.95. The van der Waals surface area contributed by atoms with Gasteiger partial charge in [0, 0.05) is 34.9 Å². The molecule has 0 saturated carbocycles. The molecule has 3 aromatic rings. The highest BCUT2D eigenvalue weighted by Crippen LogP contribution is 2.25. The first-order valence-electron chi connectivity index (χ1n) is 9.19. The number of esters is 1. The second kappa shape index (κ2) is 10.5. The molecule has 34 heavy (non-hydrogen) atoms. The fourth-order valence-corrected chi connectivity index (χ4v) is 3.11. The van der Waals surface area contributed by atoms with E-state index in [-0.39, 0.29) is 38.8 Å². The van der Waals surface area contributed by atoms with Crippen LogP contribution in [0.3, 0.4) is 0 Å². The minimum atomic E-state index is -0.865. The number of ether oxygens (including phenoxy) is 1. The highest BCUT2D eigenvalue weighted by molar-refractivity contribution is 6.36. The standard InChI is InChI=1S/C21H12Cl2N4O7/c22-14-3-7-17(18(23)10-14)20(28)25-24-11-13-9-16(27(32)33)6-8-19(13)34-21(29)12-1-4-15(5-2-12)26(30)31/h1-11H,(H,25,28)/b24-11+. The largest absolute Gasteiger partial charge is 0.422 e. The van der Waals surface area contributed by atoms with Crippen molar-refractivity contribution in [2.45, 2.75) is 0 Å². The fourth-order valence-electron chi connectivity index (χ4n) is 2.62. The Morgan fingerprint density at radius 2 is 1.56 bits per heavy atom. The van der Waals surface area contributed by atoms with Crippen LogP contribution in [0.5, 0.6) is 5.75 Å². The Labute approximate surface area is 200 Å². The lowest BCUT2D eigenvalue weighted by Gasteiger charge is -2.08. The van der Waals surface area contributed by atoms with Crippen molar-refractivity contribution >= 4 is 52.7 Å². The Balaban J connectivity index is 1.82. The van der Waals surface area contributed by atoms with Crippen LogP contribution in [-0.4, -0.2) is 27.9 Å². The molecule has 0 aliphatic heterocycles. The maximum Gasteiger partial charge on any atom is 0.343 e. The molecule has 172 valence electrons. The number of nitro benzene ring substituents is 2. The van der Waals surface area contributed by atoms with Crippen molar-refractivity contribution in [3.63, 3.8) is 0 Å². The monoisotopic (exact) mass is 502 g/mol. The molecule has 0 aliphatic carbocycles. The van der Waals surface area contributed by atoms with Gasteiger partial charge in [0.2, 0.25) is 0 Å². The maximum absolute atomic E-state index is 12.4. The highest BCUT2D eigenvalue weighted by Gasteiger charge is 2.16. The summed E-state index contributed by atoms with van der Waals surface area (Å²) in [6, 6.07) is 12.3. The minimum absolute atomic E-state index is 0.00645. The minimum Gasteiger partial charge on any atom is -0.422 e. The zero-order valence-corrected chi connectivity index (χ0v) is 18.3. The number of halogens is 2. The van der Waals surface area contributed by atoms with Crippen molar-refractivity contribution in [3.05, 3.63) is 108 Å². The summed E-state index contributed by atoms with van der Waals surface area (Å²) >= 11 is 11.8. The van der Waals surface area contributed by atoms with Crippen LogP contribution in [0, 0.1) is 20.2 Å². The number of rotatable bonds is 7. The van der Waals surface area contributed by atoms with E-state index in [4.69, 9.17) is 27.9 Å². The Morgan fingerprint density at radius 1 is 0.912 bits per heavy atom. The van der Waals surface area contributed by atoms with Crippen LogP contribution in [0.25, 0.3) is 0 Å². The average Bonchev–Trinajstić information content (AvgIpc) is 2.79. The number of nitro groups is 2. The molecule has 0 bridgehead atoms. The number of non-ortho nitro benzene ring substituents is 2. The molecule has 1 amide bonds. The van der Waals surface area contributed by atoms with E-state index < -0.39 is 21.7 Å². The van der Waals surface area contributed by atoms with Crippen LogP contribution in [0.1, 0.15) is 26.3 Å². The van der Waals surface area contributed by atoms with Gasteiger partial charge in [-0.2, -0.15) is 5.10 Å². The second-order valence-corrected chi connectivity index (χ2v) is 7.34. The summed E-state index contributed by atoms with van der Waals surface area (Å²) < 4.78 is 5.27. The Kier molecular flexibility index (Phi) is 7.51. The summed E-state index contributed by atoms with van der Waals surface area (Å²) in [4.78, 5) is 45.3. The first kappa shape index (κ1) is 24.3. The van der Waals surface area contributed by atoms with Crippen molar-refractivity contribution in [3.8, 4) is 5.75 Å². The van der Waals surface area contributed by atoms with Gasteiger partial charge >= 0.3 is 5.97 Å². The van der Waals surface area contributed by atoms with Gasteiger partial charge in [-0.3, -0.25) is 25.0 Å². The lowest BCUT2D eigenvalue weighted by atomic mass is 10.2. The SMILES string of the molecule is O=C(Oc1ccc([N+](=O)[O-])cc1/C=N/NC(=O)c1ccc(Cl)cc1Cl)c1ccc([N+](=O)[O-])cc1. The van der Waals surface area contributed by atoms with Crippen LogP contribution >= 0.6 is 23.2 Å². The van der Waals surface area contributed by atoms with Gasteiger partial charge in [0.25, 0.3) is 17.3 Å². The lowest BCUT2D eigenvalue weighted by Crippen LogP contribution is -2.18. The molecule has 0 atom stereocenters. The predicted octanol–water partition coefficient (Wildman–Crippen LogP) is 4.79. The molecular weight excluding hydrogens is 491 g/mol. The second-order valence-electron chi connectivity index (χ2n) is 6.50. The van der Waals surface area contributed by atoms with Crippen LogP contribution < -0.4 is 10.2 Å². The van der Waals surface area contributed by atoms with Crippen molar-refractivity contribution < 1.29 is 24.2 Å². The number of nitrogens with one attached hydrogen (secondary N) is 1. The van der Waals surface area contributed by atoms with E-state index in [1.54, 1.807) is 0 Å². The van der Waals surface area contributed by atoms with E-state index in [0.717, 1.165) is 30.5 Å². The summed E-state index contributed by atoms with van der Waals surface area (Å²) in [6.07, 6.45) is 1.05. The normalized spacial score (nSPS) is 10.6. The summed E-state index contributed by atoms with van der Waals surface area (Å²) in [5.41, 5.74) is 1.79. The quantitative estimate of drug-likeness (QED) is 0.160. The molecule has 0 aromatic heterocycles. The number of amides is 1. The van der Waals surface area contributed by atoms with Crippen molar-refractivity contribution in [2.75, 3.05) is 0 Å². The average molecular weight is 503 g/mol. The van der Waals surface area contributed by atoms with Gasteiger partial charge < -0.3 is 4.74 Å². The van der Waals surface area contributed by atoms with E-state index in [1.807, 2.05) is 0 Å². The van der Waals surface area contributed by atoms with E-state index in [2.05, 4.69) is 10.5 Å². The number of nitrogens with zero attached hydrogens (tertiary/aromatic N) is 3. The number of carbonyl (C=O) groups excluding carboxylic acids is 2. The predicted molar refractivity (Wildman–Crippen MR) is 123 cm³/mol. The zero-order chi connectivity index (χ0) is 24.8. The number of benzene rings is 3. The molecule has 0 spiro atoms. The van der Waals surface area contributed by atoms with Gasteiger partial charge in [-0.25, -0.2) is 10.2 Å². The third kappa shape index (κ3) is 5.91. The summed E-state index contributed by atoms with van der Waals surface area (Å²) in [6.45, 7) is 0. The van der Waals surface area contributed by atoms with E-state index >= 15 is 0 Å².